The van der Waals surface area contributed by atoms with E-state index in [-0.39, 0.29) is 6.42 Å². The van der Waals surface area contributed by atoms with Gasteiger partial charge in [-0.05, 0) is 66.4 Å². The van der Waals surface area contributed by atoms with E-state index < -0.39 is 5.97 Å². The molecule has 3 rings (SSSR count). The van der Waals surface area contributed by atoms with Gasteiger partial charge in [-0.25, -0.2) is 0 Å². The monoisotopic (exact) mass is 387 g/mol. The summed E-state index contributed by atoms with van der Waals surface area (Å²) in [6.07, 6.45) is 2.67. The molecule has 0 spiro atoms. The van der Waals surface area contributed by atoms with Crippen LogP contribution in [0.2, 0.25) is 0 Å². The van der Waals surface area contributed by atoms with E-state index in [1.54, 1.807) is 22.7 Å². The van der Waals surface area contributed by atoms with Gasteiger partial charge in [-0.2, -0.15) is 22.7 Å². The molecule has 0 aliphatic carbocycles. The highest BCUT2D eigenvalue weighted by atomic mass is 32.1. The average molecular weight is 388 g/mol. The Hall–Kier alpha value is -2.31. The van der Waals surface area contributed by atoms with Crippen molar-refractivity contribution < 1.29 is 14.6 Å². The quantitative estimate of drug-likeness (QED) is 0.415. The zero-order valence-corrected chi connectivity index (χ0v) is 16.0. The van der Waals surface area contributed by atoms with Gasteiger partial charge in [-0.3, -0.25) is 4.79 Å². The smallest absolute Gasteiger partial charge is 0.303 e. The highest BCUT2D eigenvalue weighted by Gasteiger charge is 2.13. The third kappa shape index (κ3) is 5.09. The molecule has 0 fully saturated rings. The number of carboxylic acid groups (broad SMARTS) is 1. The molecule has 0 atom stereocenters. The van der Waals surface area contributed by atoms with Crippen molar-refractivity contribution in [3.8, 4) is 5.75 Å². The van der Waals surface area contributed by atoms with Gasteiger partial charge in [-0.1, -0.05) is 0 Å². The van der Waals surface area contributed by atoms with Gasteiger partial charge in [0.05, 0.1) is 18.0 Å². The van der Waals surface area contributed by atoms with Crippen LogP contribution in [-0.2, 0) is 4.79 Å². The summed E-state index contributed by atoms with van der Waals surface area (Å²) in [6.45, 7) is 0.609. The second-order valence-corrected chi connectivity index (χ2v) is 7.41. The molecule has 2 heterocycles. The lowest BCUT2D eigenvalue weighted by Crippen LogP contribution is -2.07. The topological polar surface area (TPSA) is 49.8 Å². The highest BCUT2D eigenvalue weighted by molar-refractivity contribution is 7.08. The minimum atomic E-state index is -0.734. The molecule has 0 aliphatic heterocycles. The van der Waals surface area contributed by atoms with Crippen molar-refractivity contribution in [2.24, 2.45) is 0 Å². The Labute approximate surface area is 161 Å². The van der Waals surface area contributed by atoms with Crippen molar-refractivity contribution in [3.05, 3.63) is 57.9 Å². The number of nitrogens with zero attached hydrogens (tertiary/aromatic N) is 1. The first-order chi connectivity index (χ1) is 12.7. The standard InChI is InChI=1S/C20H21NO3S2/c22-20(23)4-2-1-3-11-24-19-7-5-16(6-8-19)21(17-9-12-25-14-17)18-10-13-26-15-18/h5-10,12-15H,1-4,11H2,(H,22,23). The van der Waals surface area contributed by atoms with Crippen molar-refractivity contribution >= 4 is 45.7 Å². The molecule has 2 aromatic heterocycles. The first-order valence-electron chi connectivity index (χ1n) is 8.53. The second kappa shape index (κ2) is 9.40. The van der Waals surface area contributed by atoms with Crippen LogP contribution in [-0.4, -0.2) is 17.7 Å². The molecule has 136 valence electrons. The Morgan fingerprint density at radius 1 is 0.885 bits per heavy atom. The number of anilines is 3. The molecule has 1 aromatic carbocycles. The number of carboxylic acids is 1. The lowest BCUT2D eigenvalue weighted by atomic mass is 10.2. The number of benzene rings is 1. The lowest BCUT2D eigenvalue weighted by Gasteiger charge is -2.22. The largest absolute Gasteiger partial charge is 0.494 e. The number of rotatable bonds is 10. The molecule has 4 nitrogen and oxygen atoms in total. The Balaban J connectivity index is 1.58. The van der Waals surface area contributed by atoms with Crippen LogP contribution < -0.4 is 9.64 Å². The Morgan fingerprint density at radius 2 is 1.54 bits per heavy atom. The molecule has 6 heteroatoms. The average Bonchev–Trinajstić information content (AvgIpc) is 3.34. The molecule has 0 aliphatic rings. The third-order valence-corrected chi connectivity index (χ3v) is 5.27. The first-order valence-corrected chi connectivity index (χ1v) is 10.4. The molecule has 1 N–H and O–H groups in total. The van der Waals surface area contributed by atoms with E-state index in [0.29, 0.717) is 13.0 Å². The fraction of sp³-hybridized carbons (Fsp3) is 0.250. The van der Waals surface area contributed by atoms with Crippen LogP contribution >= 0.6 is 22.7 Å². The van der Waals surface area contributed by atoms with Crippen LogP contribution in [0.3, 0.4) is 0 Å². The van der Waals surface area contributed by atoms with Gasteiger partial charge in [-0.15, -0.1) is 0 Å². The van der Waals surface area contributed by atoms with Crippen LogP contribution in [0.1, 0.15) is 25.7 Å². The number of hydrogen-bond donors (Lipinski definition) is 1. The molecule has 0 amide bonds. The minimum Gasteiger partial charge on any atom is -0.494 e. The predicted molar refractivity (Wildman–Crippen MR) is 108 cm³/mol. The van der Waals surface area contributed by atoms with Crippen LogP contribution in [0.5, 0.6) is 5.75 Å². The molecule has 0 radical (unpaired) electrons. The van der Waals surface area contributed by atoms with Gasteiger partial charge in [0.1, 0.15) is 5.75 Å². The number of carbonyl (C=O) groups is 1. The van der Waals surface area contributed by atoms with Crippen molar-refractivity contribution in [3.63, 3.8) is 0 Å². The summed E-state index contributed by atoms with van der Waals surface area (Å²) in [5.41, 5.74) is 3.40. The number of ether oxygens (including phenoxy) is 1. The Morgan fingerprint density at radius 3 is 2.08 bits per heavy atom. The molecule has 0 unspecified atom stereocenters. The minimum absolute atomic E-state index is 0.232. The van der Waals surface area contributed by atoms with Gasteiger partial charge >= 0.3 is 5.97 Å². The SMILES string of the molecule is O=C(O)CCCCCOc1ccc(N(c2ccsc2)c2ccsc2)cc1. The molecule has 3 aromatic rings. The normalized spacial score (nSPS) is 10.6. The molecule has 26 heavy (non-hydrogen) atoms. The second-order valence-electron chi connectivity index (χ2n) is 5.85. The maximum Gasteiger partial charge on any atom is 0.303 e. The fourth-order valence-electron chi connectivity index (χ4n) is 2.65. The lowest BCUT2D eigenvalue weighted by molar-refractivity contribution is -0.137. The summed E-state index contributed by atoms with van der Waals surface area (Å²) >= 11 is 3.37. The van der Waals surface area contributed by atoms with Crippen LogP contribution in [0.25, 0.3) is 0 Å². The van der Waals surface area contributed by atoms with Crippen LogP contribution in [0, 0.1) is 0 Å². The Kier molecular flexibility index (Phi) is 6.68. The number of hydrogen-bond acceptors (Lipinski definition) is 5. The van der Waals surface area contributed by atoms with Crippen molar-refractivity contribution in [2.45, 2.75) is 25.7 Å². The van der Waals surface area contributed by atoms with E-state index in [2.05, 4.69) is 50.7 Å². The third-order valence-electron chi connectivity index (χ3n) is 3.93. The fourth-order valence-corrected chi connectivity index (χ4v) is 3.89. The molecular formula is C20H21NO3S2. The number of aliphatic carboxylic acids is 1. The Bertz CT molecular complexity index is 749. The van der Waals surface area contributed by atoms with E-state index in [0.717, 1.165) is 35.7 Å². The van der Waals surface area contributed by atoms with Gasteiger partial charge < -0.3 is 14.7 Å². The van der Waals surface area contributed by atoms with E-state index in [4.69, 9.17) is 9.84 Å². The van der Waals surface area contributed by atoms with E-state index >= 15 is 0 Å². The molecule has 0 saturated carbocycles. The summed E-state index contributed by atoms with van der Waals surface area (Å²) in [6, 6.07) is 12.3. The number of unbranched alkanes of at least 4 members (excludes halogenated alkanes) is 2. The first kappa shape index (κ1) is 18.5. The summed E-state index contributed by atoms with van der Waals surface area (Å²) in [4.78, 5) is 12.7. The highest BCUT2D eigenvalue weighted by Crippen LogP contribution is 2.37. The zero-order chi connectivity index (χ0) is 18.2. The summed E-state index contributed by atoms with van der Waals surface area (Å²) in [7, 11) is 0. The summed E-state index contributed by atoms with van der Waals surface area (Å²) < 4.78 is 5.77. The van der Waals surface area contributed by atoms with Crippen molar-refractivity contribution in [1.29, 1.82) is 0 Å². The summed E-state index contributed by atoms with van der Waals surface area (Å²) in [5.74, 6) is 0.102. The van der Waals surface area contributed by atoms with Crippen molar-refractivity contribution in [2.75, 3.05) is 11.5 Å². The zero-order valence-electron chi connectivity index (χ0n) is 14.3. The van der Waals surface area contributed by atoms with E-state index in [1.165, 1.54) is 0 Å². The van der Waals surface area contributed by atoms with Gasteiger partial charge in [0.2, 0.25) is 0 Å². The molecule has 0 bridgehead atoms. The maximum atomic E-state index is 10.5. The van der Waals surface area contributed by atoms with Gasteiger partial charge in [0.15, 0.2) is 0 Å². The maximum absolute atomic E-state index is 10.5. The van der Waals surface area contributed by atoms with Gasteiger partial charge in [0.25, 0.3) is 0 Å². The molecular weight excluding hydrogens is 366 g/mol. The van der Waals surface area contributed by atoms with Crippen LogP contribution in [0.4, 0.5) is 17.1 Å². The van der Waals surface area contributed by atoms with E-state index in [9.17, 15) is 4.79 Å². The van der Waals surface area contributed by atoms with Crippen LogP contribution in [0.15, 0.2) is 57.9 Å². The summed E-state index contributed by atoms with van der Waals surface area (Å²) in [5, 5.41) is 17.1. The number of thiophene rings is 2. The van der Waals surface area contributed by atoms with Crippen molar-refractivity contribution in [1.82, 2.24) is 0 Å². The van der Waals surface area contributed by atoms with E-state index in [1.807, 2.05) is 12.1 Å². The van der Waals surface area contributed by atoms with Gasteiger partial charge in [0, 0.05) is 22.9 Å². The predicted octanol–water partition coefficient (Wildman–Crippen LogP) is 6.30. The molecule has 0 saturated heterocycles.